The van der Waals surface area contributed by atoms with Crippen LogP contribution in [0, 0.1) is 5.82 Å². The molecule has 3 nitrogen and oxygen atoms in total. The predicted octanol–water partition coefficient (Wildman–Crippen LogP) is 4.93. The first-order valence-corrected chi connectivity index (χ1v) is 7.54. The molecule has 0 saturated heterocycles. The second-order valence-corrected chi connectivity index (χ2v) is 6.05. The summed E-state index contributed by atoms with van der Waals surface area (Å²) in [6.07, 6.45) is -4.65. The van der Waals surface area contributed by atoms with Crippen LogP contribution in [0.1, 0.15) is 15.9 Å². The van der Waals surface area contributed by atoms with Crippen molar-refractivity contribution in [3.8, 4) is 0 Å². The Balaban J connectivity index is 2.42. The number of carbonyl (C=O) groups excluding carboxylic acids is 1. The zero-order valence-corrected chi connectivity index (χ0v) is 14.3. The zero-order chi connectivity index (χ0) is 18.1. The van der Waals surface area contributed by atoms with Gasteiger partial charge in [-0.05, 0) is 52.3 Å². The lowest BCUT2D eigenvalue weighted by Crippen LogP contribution is -2.18. The Morgan fingerprint density at radius 1 is 1.12 bits per heavy atom. The number of alkyl halides is 3. The minimum Gasteiger partial charge on any atom is -0.378 e. The molecule has 0 aromatic heterocycles. The summed E-state index contributed by atoms with van der Waals surface area (Å²) in [6, 6.07) is 6.95. The topological polar surface area (TPSA) is 32.3 Å². The van der Waals surface area contributed by atoms with E-state index >= 15 is 0 Å². The molecule has 0 atom stereocenters. The second kappa shape index (κ2) is 6.80. The number of carbonyl (C=O) groups is 1. The maximum absolute atomic E-state index is 13.3. The molecule has 128 valence electrons. The number of hydrogen-bond acceptors (Lipinski definition) is 2. The van der Waals surface area contributed by atoms with Crippen LogP contribution >= 0.6 is 15.9 Å². The number of halogens is 5. The number of rotatable bonds is 3. The van der Waals surface area contributed by atoms with Gasteiger partial charge >= 0.3 is 6.18 Å². The molecule has 8 heteroatoms. The highest BCUT2D eigenvalue weighted by Gasteiger charge is 2.34. The van der Waals surface area contributed by atoms with Gasteiger partial charge in [-0.3, -0.25) is 4.79 Å². The van der Waals surface area contributed by atoms with Gasteiger partial charge in [-0.25, -0.2) is 4.39 Å². The van der Waals surface area contributed by atoms with Crippen LogP contribution in [0.25, 0.3) is 0 Å². The number of nitrogens with one attached hydrogen (secondary N) is 1. The monoisotopic (exact) mass is 404 g/mol. The van der Waals surface area contributed by atoms with E-state index < -0.39 is 29.2 Å². The molecular weight excluding hydrogens is 392 g/mol. The summed E-state index contributed by atoms with van der Waals surface area (Å²) in [5.74, 6) is -1.51. The average molecular weight is 405 g/mol. The molecule has 2 aromatic rings. The van der Waals surface area contributed by atoms with Gasteiger partial charge in [-0.1, -0.05) is 0 Å². The molecule has 0 spiro atoms. The van der Waals surface area contributed by atoms with E-state index in [1.54, 1.807) is 14.1 Å². The maximum atomic E-state index is 13.3. The van der Waals surface area contributed by atoms with Crippen LogP contribution in [0.3, 0.4) is 0 Å². The van der Waals surface area contributed by atoms with Gasteiger partial charge in [0.1, 0.15) is 5.82 Å². The first kappa shape index (κ1) is 18.3. The van der Waals surface area contributed by atoms with Crippen molar-refractivity contribution in [1.82, 2.24) is 0 Å². The normalized spacial score (nSPS) is 11.3. The molecule has 0 aliphatic carbocycles. The van der Waals surface area contributed by atoms with E-state index in [0.717, 1.165) is 18.2 Å². The number of anilines is 2. The van der Waals surface area contributed by atoms with E-state index in [-0.39, 0.29) is 10.0 Å². The molecular formula is C16H13BrF4N2O. The molecule has 1 amide bonds. The fourth-order valence-electron chi connectivity index (χ4n) is 2.02. The van der Waals surface area contributed by atoms with Crippen LogP contribution < -0.4 is 10.2 Å². The van der Waals surface area contributed by atoms with Crippen molar-refractivity contribution < 1.29 is 22.4 Å². The Morgan fingerprint density at radius 2 is 1.79 bits per heavy atom. The Hall–Kier alpha value is -2.09. The largest absolute Gasteiger partial charge is 0.418 e. The summed E-state index contributed by atoms with van der Waals surface area (Å²) < 4.78 is 53.3. The first-order chi connectivity index (χ1) is 11.1. The number of hydrogen-bond donors (Lipinski definition) is 1. The third-order valence-electron chi connectivity index (χ3n) is 3.25. The number of nitrogens with zero attached hydrogens (tertiary/aromatic N) is 1. The highest BCUT2D eigenvalue weighted by Crippen LogP contribution is 2.37. The maximum Gasteiger partial charge on any atom is 0.418 e. The van der Waals surface area contributed by atoms with Crippen molar-refractivity contribution in [1.29, 1.82) is 0 Å². The number of benzene rings is 2. The van der Waals surface area contributed by atoms with Gasteiger partial charge in [0, 0.05) is 24.3 Å². The van der Waals surface area contributed by atoms with Crippen LogP contribution in [0.4, 0.5) is 28.9 Å². The standard InChI is InChI=1S/C16H13BrF4N2O/c1-23(2)10-4-6-14(12(8-10)16(19,20)21)22-15(24)11-7-9(18)3-5-13(11)17/h3-8H,1-2H3,(H,22,24). The summed E-state index contributed by atoms with van der Waals surface area (Å²) >= 11 is 3.08. The molecule has 2 aromatic carbocycles. The average Bonchev–Trinajstić information content (AvgIpc) is 2.48. The van der Waals surface area contributed by atoms with Crippen molar-refractivity contribution in [2.45, 2.75) is 6.18 Å². The summed E-state index contributed by atoms with van der Waals surface area (Å²) in [6.45, 7) is 0. The molecule has 0 bridgehead atoms. The highest BCUT2D eigenvalue weighted by atomic mass is 79.9. The summed E-state index contributed by atoms with van der Waals surface area (Å²) in [5.41, 5.74) is -1.13. The minimum atomic E-state index is -4.65. The van der Waals surface area contributed by atoms with Gasteiger partial charge in [0.15, 0.2) is 0 Å². The van der Waals surface area contributed by atoms with E-state index in [1.165, 1.54) is 23.1 Å². The van der Waals surface area contributed by atoms with Crippen molar-refractivity contribution in [3.63, 3.8) is 0 Å². The van der Waals surface area contributed by atoms with Crippen LogP contribution in [0.2, 0.25) is 0 Å². The summed E-state index contributed by atoms with van der Waals surface area (Å²) in [7, 11) is 3.22. The fraction of sp³-hybridized carbons (Fsp3) is 0.188. The first-order valence-electron chi connectivity index (χ1n) is 6.74. The lowest BCUT2D eigenvalue weighted by Gasteiger charge is -2.19. The SMILES string of the molecule is CN(C)c1ccc(NC(=O)c2cc(F)ccc2Br)c(C(F)(F)F)c1. The second-order valence-electron chi connectivity index (χ2n) is 5.20. The molecule has 0 saturated carbocycles. The molecule has 0 heterocycles. The van der Waals surface area contributed by atoms with Gasteiger partial charge in [0.05, 0.1) is 16.8 Å². The van der Waals surface area contributed by atoms with Gasteiger partial charge in [-0.2, -0.15) is 13.2 Å². The highest BCUT2D eigenvalue weighted by molar-refractivity contribution is 9.10. The molecule has 0 aliphatic heterocycles. The Labute approximate surface area is 144 Å². The lowest BCUT2D eigenvalue weighted by molar-refractivity contribution is -0.136. The molecule has 0 fully saturated rings. The Bertz CT molecular complexity index is 775. The Morgan fingerprint density at radius 3 is 2.38 bits per heavy atom. The predicted molar refractivity (Wildman–Crippen MR) is 87.8 cm³/mol. The van der Waals surface area contributed by atoms with Crippen molar-refractivity contribution in [2.75, 3.05) is 24.3 Å². The van der Waals surface area contributed by atoms with Crippen LogP contribution in [-0.4, -0.2) is 20.0 Å². The summed E-state index contributed by atoms with van der Waals surface area (Å²) in [4.78, 5) is 13.7. The van der Waals surface area contributed by atoms with Crippen LogP contribution in [-0.2, 0) is 6.18 Å². The summed E-state index contributed by atoms with van der Waals surface area (Å²) in [5, 5.41) is 2.19. The minimum absolute atomic E-state index is 0.0974. The third kappa shape index (κ3) is 4.05. The number of amides is 1. The van der Waals surface area contributed by atoms with Crippen LogP contribution in [0.5, 0.6) is 0 Å². The molecule has 0 aliphatic rings. The van der Waals surface area contributed by atoms with Gasteiger partial charge in [-0.15, -0.1) is 0 Å². The van der Waals surface area contributed by atoms with E-state index in [4.69, 9.17) is 0 Å². The van der Waals surface area contributed by atoms with Crippen molar-refractivity contribution in [3.05, 3.63) is 57.8 Å². The van der Waals surface area contributed by atoms with Crippen LogP contribution in [0.15, 0.2) is 40.9 Å². The molecule has 1 N–H and O–H groups in total. The van der Waals surface area contributed by atoms with E-state index in [0.29, 0.717) is 5.69 Å². The molecule has 0 unspecified atom stereocenters. The lowest BCUT2D eigenvalue weighted by atomic mass is 10.1. The Kier molecular flexibility index (Phi) is 5.17. The smallest absolute Gasteiger partial charge is 0.378 e. The molecule has 24 heavy (non-hydrogen) atoms. The van der Waals surface area contributed by atoms with E-state index in [9.17, 15) is 22.4 Å². The molecule has 0 radical (unpaired) electrons. The molecule has 2 rings (SSSR count). The van der Waals surface area contributed by atoms with Crippen molar-refractivity contribution in [2.24, 2.45) is 0 Å². The van der Waals surface area contributed by atoms with Gasteiger partial charge < -0.3 is 10.2 Å². The quantitative estimate of drug-likeness (QED) is 0.735. The van der Waals surface area contributed by atoms with E-state index in [2.05, 4.69) is 21.2 Å². The zero-order valence-electron chi connectivity index (χ0n) is 12.7. The third-order valence-corrected chi connectivity index (χ3v) is 3.94. The van der Waals surface area contributed by atoms with E-state index in [1.807, 2.05) is 0 Å². The van der Waals surface area contributed by atoms with Crippen molar-refractivity contribution >= 4 is 33.2 Å². The van der Waals surface area contributed by atoms with Gasteiger partial charge in [0.2, 0.25) is 0 Å². The fourth-order valence-corrected chi connectivity index (χ4v) is 2.44. The van der Waals surface area contributed by atoms with Gasteiger partial charge in [0.25, 0.3) is 5.91 Å².